The lowest BCUT2D eigenvalue weighted by Gasteiger charge is -2.12. The van der Waals surface area contributed by atoms with E-state index in [1.54, 1.807) is 12.3 Å². The molecule has 0 atom stereocenters. The standard InChI is InChI=1S/C21H15ClF2N2O2S.C2HF3O2/c1-13-8-16(12-25-11-13)7-6-15-9-18(23)21(19(24)10-15)26-29(27,28)20-5-3-4-17(22)14(20)2;3-2(4,5)1(6)7/h3-5,8-12,26H,1-2H3;(H,6,7). The van der Waals surface area contributed by atoms with Crippen molar-refractivity contribution < 1.29 is 40.3 Å². The van der Waals surface area contributed by atoms with E-state index in [4.69, 9.17) is 21.5 Å². The quantitative estimate of drug-likeness (QED) is 0.336. The number of aromatic nitrogens is 1. The number of sulfonamides is 1. The Labute approximate surface area is 207 Å². The first-order valence-electron chi connectivity index (χ1n) is 9.62. The van der Waals surface area contributed by atoms with Crippen molar-refractivity contribution in [2.24, 2.45) is 0 Å². The van der Waals surface area contributed by atoms with Crippen molar-refractivity contribution in [3.8, 4) is 11.8 Å². The molecule has 1 aromatic heterocycles. The van der Waals surface area contributed by atoms with Crippen LogP contribution in [0.1, 0.15) is 22.3 Å². The second kappa shape index (κ2) is 11.4. The number of carboxylic acid groups (broad SMARTS) is 1. The molecule has 0 saturated heterocycles. The molecule has 0 bridgehead atoms. The number of anilines is 1. The molecule has 0 unspecified atom stereocenters. The van der Waals surface area contributed by atoms with Gasteiger partial charge in [-0.3, -0.25) is 9.71 Å². The summed E-state index contributed by atoms with van der Waals surface area (Å²) < 4.78 is 87.7. The fourth-order valence-electron chi connectivity index (χ4n) is 2.58. The molecule has 190 valence electrons. The number of alkyl halides is 3. The Morgan fingerprint density at radius 1 is 1.03 bits per heavy atom. The number of carboxylic acids is 1. The average molecular weight is 547 g/mol. The maximum atomic E-state index is 14.5. The largest absolute Gasteiger partial charge is 0.490 e. The van der Waals surface area contributed by atoms with E-state index in [0.29, 0.717) is 5.56 Å². The molecule has 0 aliphatic rings. The molecule has 0 spiro atoms. The average Bonchev–Trinajstić information content (AvgIpc) is 2.76. The molecule has 2 aromatic carbocycles. The summed E-state index contributed by atoms with van der Waals surface area (Å²) in [5.74, 6) is 0.484. The van der Waals surface area contributed by atoms with E-state index in [2.05, 4.69) is 16.8 Å². The molecule has 13 heteroatoms. The van der Waals surface area contributed by atoms with Gasteiger partial charge in [0.1, 0.15) is 5.69 Å². The highest BCUT2D eigenvalue weighted by molar-refractivity contribution is 7.92. The molecule has 6 nitrogen and oxygen atoms in total. The van der Waals surface area contributed by atoms with Crippen molar-refractivity contribution >= 4 is 33.3 Å². The monoisotopic (exact) mass is 546 g/mol. The zero-order valence-electron chi connectivity index (χ0n) is 18.4. The topological polar surface area (TPSA) is 96.4 Å². The molecular weight excluding hydrogens is 531 g/mol. The molecule has 3 aromatic rings. The highest BCUT2D eigenvalue weighted by atomic mass is 35.5. The predicted molar refractivity (Wildman–Crippen MR) is 122 cm³/mol. The smallest absolute Gasteiger partial charge is 0.475 e. The van der Waals surface area contributed by atoms with Gasteiger partial charge in [0.25, 0.3) is 10.0 Å². The fourth-order valence-corrected chi connectivity index (χ4v) is 4.15. The summed E-state index contributed by atoms with van der Waals surface area (Å²) in [7, 11) is -4.24. The van der Waals surface area contributed by atoms with Gasteiger partial charge in [-0.1, -0.05) is 29.5 Å². The van der Waals surface area contributed by atoms with Gasteiger partial charge in [-0.25, -0.2) is 22.0 Å². The Hall–Kier alpha value is -3.69. The first-order valence-corrected chi connectivity index (χ1v) is 11.5. The summed E-state index contributed by atoms with van der Waals surface area (Å²) in [5, 5.41) is 7.35. The van der Waals surface area contributed by atoms with Crippen LogP contribution in [0.25, 0.3) is 0 Å². The Kier molecular flexibility index (Phi) is 9.01. The van der Waals surface area contributed by atoms with Crippen molar-refractivity contribution in [1.29, 1.82) is 0 Å². The lowest BCUT2D eigenvalue weighted by molar-refractivity contribution is -0.192. The molecule has 0 aliphatic heterocycles. The van der Waals surface area contributed by atoms with Gasteiger partial charge in [-0.15, -0.1) is 0 Å². The van der Waals surface area contributed by atoms with Crippen LogP contribution in [-0.4, -0.2) is 30.7 Å². The summed E-state index contributed by atoms with van der Waals surface area (Å²) in [5.41, 5.74) is 1.04. The van der Waals surface area contributed by atoms with Crippen molar-refractivity contribution in [2.75, 3.05) is 4.72 Å². The van der Waals surface area contributed by atoms with Gasteiger partial charge in [0.05, 0.1) is 4.90 Å². The van der Waals surface area contributed by atoms with Crippen LogP contribution < -0.4 is 4.72 Å². The number of rotatable bonds is 3. The second-order valence-electron chi connectivity index (χ2n) is 7.09. The van der Waals surface area contributed by atoms with Gasteiger partial charge in [0.15, 0.2) is 11.6 Å². The number of benzene rings is 2. The number of nitrogens with one attached hydrogen (secondary N) is 1. The molecule has 3 rings (SSSR count). The predicted octanol–water partition coefficient (Wildman–Crippen LogP) is 5.46. The van der Waals surface area contributed by atoms with Crippen LogP contribution in [0.3, 0.4) is 0 Å². The normalized spacial score (nSPS) is 11.0. The molecule has 2 N–H and O–H groups in total. The van der Waals surface area contributed by atoms with Crippen LogP contribution in [0.4, 0.5) is 27.6 Å². The third-order valence-electron chi connectivity index (χ3n) is 4.25. The number of hydrogen-bond donors (Lipinski definition) is 2. The van der Waals surface area contributed by atoms with E-state index in [0.717, 1.165) is 17.7 Å². The Morgan fingerprint density at radius 3 is 2.11 bits per heavy atom. The van der Waals surface area contributed by atoms with Crippen LogP contribution in [0.2, 0.25) is 5.02 Å². The Bertz CT molecular complexity index is 1440. The molecule has 1 heterocycles. The second-order valence-corrected chi connectivity index (χ2v) is 9.15. The van der Waals surface area contributed by atoms with E-state index in [1.165, 1.54) is 31.3 Å². The number of nitrogens with zero attached hydrogens (tertiary/aromatic N) is 1. The highest BCUT2D eigenvalue weighted by Crippen LogP contribution is 2.27. The lowest BCUT2D eigenvalue weighted by Crippen LogP contribution is -2.21. The summed E-state index contributed by atoms with van der Waals surface area (Å²) in [6.07, 6.45) is -1.89. The minimum atomic E-state index is -5.08. The van der Waals surface area contributed by atoms with Gasteiger partial charge in [0.2, 0.25) is 0 Å². The third kappa shape index (κ3) is 7.66. The van der Waals surface area contributed by atoms with E-state index < -0.39 is 39.5 Å². The van der Waals surface area contributed by atoms with Crippen LogP contribution in [0, 0.1) is 37.3 Å². The van der Waals surface area contributed by atoms with E-state index >= 15 is 0 Å². The van der Waals surface area contributed by atoms with Crippen LogP contribution in [0.15, 0.2) is 53.7 Å². The van der Waals surface area contributed by atoms with Crippen molar-refractivity contribution in [1.82, 2.24) is 4.98 Å². The highest BCUT2D eigenvalue weighted by Gasteiger charge is 2.38. The molecule has 36 heavy (non-hydrogen) atoms. The summed E-state index contributed by atoms with van der Waals surface area (Å²) in [4.78, 5) is 12.7. The van der Waals surface area contributed by atoms with E-state index in [9.17, 15) is 30.4 Å². The summed E-state index contributed by atoms with van der Waals surface area (Å²) >= 11 is 5.94. The molecule has 0 amide bonds. The maximum absolute atomic E-state index is 14.5. The van der Waals surface area contributed by atoms with Gasteiger partial charge in [-0.2, -0.15) is 13.2 Å². The van der Waals surface area contributed by atoms with Crippen molar-refractivity contribution in [3.63, 3.8) is 0 Å². The minimum Gasteiger partial charge on any atom is -0.475 e. The van der Waals surface area contributed by atoms with Crippen molar-refractivity contribution in [3.05, 3.63) is 87.7 Å². The first kappa shape index (κ1) is 28.5. The summed E-state index contributed by atoms with van der Waals surface area (Å²) in [6.45, 7) is 3.35. The Morgan fingerprint density at radius 2 is 1.58 bits per heavy atom. The molecule has 0 fully saturated rings. The van der Waals surface area contributed by atoms with Crippen molar-refractivity contribution in [2.45, 2.75) is 24.9 Å². The Balaban J connectivity index is 0.000000572. The van der Waals surface area contributed by atoms with Crippen LogP contribution >= 0.6 is 11.6 Å². The fraction of sp³-hybridized carbons (Fsp3) is 0.130. The van der Waals surface area contributed by atoms with Gasteiger partial charge in [0, 0.05) is 28.5 Å². The maximum Gasteiger partial charge on any atom is 0.490 e. The number of aryl methyl sites for hydroxylation is 1. The number of pyridine rings is 1. The molecule has 0 aliphatic carbocycles. The van der Waals surface area contributed by atoms with E-state index in [-0.39, 0.29) is 21.0 Å². The molecule has 0 saturated carbocycles. The first-order chi connectivity index (χ1) is 16.6. The zero-order chi connectivity index (χ0) is 27.3. The number of aliphatic carboxylic acids is 1. The molecular formula is C23H16ClF5N2O4S. The van der Waals surface area contributed by atoms with Gasteiger partial charge >= 0.3 is 12.1 Å². The van der Waals surface area contributed by atoms with E-state index in [1.807, 2.05) is 11.6 Å². The van der Waals surface area contributed by atoms with Gasteiger partial charge < -0.3 is 5.11 Å². The number of halogens is 6. The van der Waals surface area contributed by atoms with Crippen LogP contribution in [-0.2, 0) is 14.8 Å². The SMILES string of the molecule is Cc1cncc(C#Cc2cc(F)c(NS(=O)(=O)c3cccc(Cl)c3C)c(F)c2)c1.O=C(O)C(F)(F)F. The number of carbonyl (C=O) groups is 1. The zero-order valence-corrected chi connectivity index (χ0v) is 20.0. The lowest BCUT2D eigenvalue weighted by atomic mass is 10.1. The third-order valence-corrected chi connectivity index (χ3v) is 6.16. The number of hydrogen-bond acceptors (Lipinski definition) is 4. The van der Waals surface area contributed by atoms with Gasteiger partial charge in [-0.05, 0) is 55.3 Å². The molecule has 0 radical (unpaired) electrons. The summed E-state index contributed by atoms with van der Waals surface area (Å²) in [6, 6.07) is 7.96. The minimum absolute atomic E-state index is 0.0587. The van der Waals surface area contributed by atoms with Crippen LogP contribution in [0.5, 0.6) is 0 Å².